The third-order valence-corrected chi connectivity index (χ3v) is 6.54. The third-order valence-electron chi connectivity index (χ3n) is 5.84. The fraction of sp³-hybridized carbons (Fsp3) is 0.529. The summed E-state index contributed by atoms with van der Waals surface area (Å²) in [5.74, 6) is 0.252. The molecule has 2 fully saturated rings. The van der Waals surface area contributed by atoms with Crippen LogP contribution in [0.3, 0.4) is 0 Å². The predicted octanol–water partition coefficient (Wildman–Crippen LogP) is 4.81. The zero-order valence-corrected chi connectivity index (χ0v) is 14.2. The number of nitrogens with zero attached hydrogens (tertiary/aromatic N) is 1. The van der Waals surface area contributed by atoms with Crippen molar-refractivity contribution >= 4 is 27.6 Å². The average Bonchev–Trinajstić information content (AvgIpc) is 2.78. The zero-order chi connectivity index (χ0) is 15.3. The van der Waals surface area contributed by atoms with Gasteiger partial charge in [-0.15, -0.1) is 0 Å². The van der Waals surface area contributed by atoms with E-state index in [0.29, 0.717) is 11.5 Å². The van der Waals surface area contributed by atoms with Crippen LogP contribution in [0.1, 0.15) is 50.4 Å². The first kappa shape index (κ1) is 14.8. The lowest BCUT2D eigenvalue weighted by molar-refractivity contribution is 0.0507. The Morgan fingerprint density at radius 2 is 2.05 bits per heavy atom. The van der Waals surface area contributed by atoms with Gasteiger partial charge in [0.15, 0.2) is 0 Å². The number of hydrogen-bond donors (Lipinski definition) is 0. The molecule has 2 aliphatic carbocycles. The second-order valence-corrected chi connectivity index (χ2v) is 7.74. The van der Waals surface area contributed by atoms with Gasteiger partial charge in [-0.25, -0.2) is 4.79 Å². The van der Waals surface area contributed by atoms with Gasteiger partial charge in [-0.1, -0.05) is 38.1 Å². The van der Waals surface area contributed by atoms with Crippen molar-refractivity contribution in [2.75, 3.05) is 0 Å². The van der Waals surface area contributed by atoms with E-state index in [1.54, 1.807) is 6.07 Å². The summed E-state index contributed by atoms with van der Waals surface area (Å²) < 4.78 is 0.731. The van der Waals surface area contributed by atoms with E-state index in [0.717, 1.165) is 23.0 Å². The smallest absolute Gasteiger partial charge is 0.313 e. The van der Waals surface area contributed by atoms with Gasteiger partial charge in [0.2, 0.25) is 0 Å². The van der Waals surface area contributed by atoms with Crippen LogP contribution >= 0.6 is 15.9 Å². The van der Waals surface area contributed by atoms with Crippen molar-refractivity contribution in [3.05, 3.63) is 34.3 Å². The van der Waals surface area contributed by atoms with Crippen LogP contribution in [0.15, 0.2) is 33.9 Å². The maximum absolute atomic E-state index is 12.1. The highest BCUT2D eigenvalue weighted by Crippen LogP contribution is 2.63. The maximum Gasteiger partial charge on any atom is 0.366 e. The van der Waals surface area contributed by atoms with Crippen molar-refractivity contribution in [1.82, 2.24) is 0 Å². The molecule has 2 saturated carbocycles. The van der Waals surface area contributed by atoms with Gasteiger partial charge < -0.3 is 4.84 Å². The molecule has 0 spiro atoms. The molecule has 2 aliphatic rings. The molecule has 2 unspecified atom stereocenters. The minimum atomic E-state index is -0.404. The summed E-state index contributed by atoms with van der Waals surface area (Å²) in [6.45, 7) is 6.87. The predicted molar refractivity (Wildman–Crippen MR) is 86.2 cm³/mol. The fourth-order valence-corrected chi connectivity index (χ4v) is 4.29. The molecule has 0 N–H and O–H groups in total. The van der Waals surface area contributed by atoms with Gasteiger partial charge in [0, 0.05) is 9.89 Å². The van der Waals surface area contributed by atoms with Gasteiger partial charge in [0.1, 0.15) is 0 Å². The highest BCUT2D eigenvalue weighted by atomic mass is 79.9. The summed E-state index contributed by atoms with van der Waals surface area (Å²) in [5, 5.41) is 4.24. The van der Waals surface area contributed by atoms with E-state index in [1.165, 1.54) is 6.42 Å². The van der Waals surface area contributed by atoms with Crippen LogP contribution in [0.2, 0.25) is 0 Å². The first-order valence-electron chi connectivity index (χ1n) is 7.39. The van der Waals surface area contributed by atoms with E-state index in [2.05, 4.69) is 41.9 Å². The SMILES string of the molecule is CC12CCC(C/C1=N\OC(=O)c1ccccc1Br)C2(C)C. The zero-order valence-electron chi connectivity index (χ0n) is 12.6. The van der Waals surface area contributed by atoms with Crippen LogP contribution in [-0.2, 0) is 4.84 Å². The molecule has 3 nitrogen and oxygen atoms in total. The molecule has 0 amide bonds. The van der Waals surface area contributed by atoms with Crippen LogP contribution in [0.5, 0.6) is 0 Å². The second-order valence-electron chi connectivity index (χ2n) is 6.89. The van der Waals surface area contributed by atoms with Crippen molar-refractivity contribution in [2.45, 2.75) is 40.0 Å². The van der Waals surface area contributed by atoms with Gasteiger partial charge in [-0.05, 0) is 58.7 Å². The van der Waals surface area contributed by atoms with Crippen LogP contribution in [0.25, 0.3) is 0 Å². The summed E-state index contributed by atoms with van der Waals surface area (Å²) >= 11 is 3.36. The fourth-order valence-electron chi connectivity index (χ4n) is 3.84. The molecule has 112 valence electrons. The number of rotatable bonds is 2. The molecule has 1 aromatic rings. The van der Waals surface area contributed by atoms with Gasteiger partial charge in [0.05, 0.1) is 11.3 Å². The number of carbonyl (C=O) groups is 1. The molecule has 2 bridgehead atoms. The van der Waals surface area contributed by atoms with Crippen LogP contribution < -0.4 is 0 Å². The molecule has 0 saturated heterocycles. The Balaban J connectivity index is 1.79. The van der Waals surface area contributed by atoms with Crippen LogP contribution in [-0.4, -0.2) is 11.7 Å². The topological polar surface area (TPSA) is 38.7 Å². The minimum Gasteiger partial charge on any atom is -0.313 e. The van der Waals surface area contributed by atoms with Crippen molar-refractivity contribution in [3.8, 4) is 0 Å². The lowest BCUT2D eigenvalue weighted by atomic mass is 9.70. The summed E-state index contributed by atoms with van der Waals surface area (Å²) in [5.41, 5.74) is 1.86. The monoisotopic (exact) mass is 349 g/mol. The average molecular weight is 350 g/mol. The minimum absolute atomic E-state index is 0.0614. The molecule has 2 atom stereocenters. The van der Waals surface area contributed by atoms with Crippen molar-refractivity contribution in [2.24, 2.45) is 21.9 Å². The van der Waals surface area contributed by atoms with Crippen LogP contribution in [0.4, 0.5) is 0 Å². The van der Waals surface area contributed by atoms with E-state index in [4.69, 9.17) is 4.84 Å². The Kier molecular flexibility index (Phi) is 3.47. The normalized spacial score (nSPS) is 31.6. The number of carbonyl (C=O) groups excluding carboxylic acids is 1. The molecular formula is C17H20BrNO2. The summed E-state index contributed by atoms with van der Waals surface area (Å²) in [4.78, 5) is 17.4. The Morgan fingerprint density at radius 3 is 2.62 bits per heavy atom. The van der Waals surface area contributed by atoms with Crippen molar-refractivity contribution < 1.29 is 9.63 Å². The van der Waals surface area contributed by atoms with Crippen LogP contribution in [0, 0.1) is 16.7 Å². The molecule has 0 radical (unpaired) electrons. The third kappa shape index (κ3) is 2.15. The first-order chi connectivity index (χ1) is 9.86. The molecule has 1 aromatic carbocycles. The molecule has 0 heterocycles. The van der Waals surface area contributed by atoms with Gasteiger partial charge in [-0.3, -0.25) is 0 Å². The summed E-state index contributed by atoms with van der Waals surface area (Å²) in [7, 11) is 0. The lowest BCUT2D eigenvalue weighted by Crippen LogP contribution is -2.32. The first-order valence-corrected chi connectivity index (χ1v) is 8.19. The molecule has 21 heavy (non-hydrogen) atoms. The molecular weight excluding hydrogens is 330 g/mol. The maximum atomic E-state index is 12.1. The molecule has 3 rings (SSSR count). The Bertz CT molecular complexity index is 623. The van der Waals surface area contributed by atoms with Gasteiger partial charge in [0.25, 0.3) is 0 Å². The van der Waals surface area contributed by atoms with Crippen molar-refractivity contribution in [3.63, 3.8) is 0 Å². The van der Waals surface area contributed by atoms with E-state index in [1.807, 2.05) is 18.2 Å². The number of hydrogen-bond acceptors (Lipinski definition) is 3. The van der Waals surface area contributed by atoms with Gasteiger partial charge in [-0.2, -0.15) is 0 Å². The number of fused-ring (bicyclic) bond motifs is 2. The van der Waals surface area contributed by atoms with E-state index >= 15 is 0 Å². The standard InChI is InChI=1S/C17H20BrNO2/c1-16(2)11-8-9-17(16,3)14(10-11)19-21-15(20)12-6-4-5-7-13(12)18/h4-7,11H,8-10H2,1-3H3/b19-14+. The molecule has 0 aromatic heterocycles. The Hall–Kier alpha value is -1.16. The number of halogens is 1. The second kappa shape index (κ2) is 4.94. The quantitative estimate of drug-likeness (QED) is 0.567. The van der Waals surface area contributed by atoms with E-state index in [9.17, 15) is 4.79 Å². The lowest BCUT2D eigenvalue weighted by Gasteiger charge is -2.34. The largest absolute Gasteiger partial charge is 0.366 e. The summed E-state index contributed by atoms with van der Waals surface area (Å²) in [6.07, 6.45) is 3.34. The Labute approximate surface area is 133 Å². The molecule has 4 heteroatoms. The van der Waals surface area contributed by atoms with E-state index in [-0.39, 0.29) is 10.8 Å². The van der Waals surface area contributed by atoms with Gasteiger partial charge >= 0.3 is 5.97 Å². The number of oxime groups is 1. The Morgan fingerprint density at radius 1 is 1.33 bits per heavy atom. The van der Waals surface area contributed by atoms with E-state index < -0.39 is 5.97 Å². The highest BCUT2D eigenvalue weighted by Gasteiger charge is 2.60. The number of benzene rings is 1. The summed E-state index contributed by atoms with van der Waals surface area (Å²) in [6, 6.07) is 7.24. The van der Waals surface area contributed by atoms with Crippen molar-refractivity contribution in [1.29, 1.82) is 0 Å². The highest BCUT2D eigenvalue weighted by molar-refractivity contribution is 9.10. The molecule has 0 aliphatic heterocycles.